The van der Waals surface area contributed by atoms with E-state index < -0.39 is 6.10 Å². The Hall–Kier alpha value is -0.870. The van der Waals surface area contributed by atoms with Crippen molar-refractivity contribution in [1.29, 1.82) is 0 Å². The lowest BCUT2D eigenvalue weighted by Crippen LogP contribution is -2.28. The quantitative estimate of drug-likeness (QED) is 0.893. The zero-order chi connectivity index (χ0) is 13.0. The number of nitrogens with two attached hydrogens (primary N) is 1. The monoisotopic (exact) mass is 341 g/mol. The second-order valence-electron chi connectivity index (χ2n) is 4.33. The number of benzene rings is 2. The summed E-state index contributed by atoms with van der Waals surface area (Å²) in [6, 6.07) is 17.3. The molecule has 0 saturated heterocycles. The Kier molecular flexibility index (Phi) is 6.52. The van der Waals surface area contributed by atoms with Gasteiger partial charge in [0.2, 0.25) is 0 Å². The third-order valence-corrected chi connectivity index (χ3v) is 3.49. The van der Waals surface area contributed by atoms with E-state index >= 15 is 0 Å². The molecule has 0 spiro atoms. The molecule has 0 saturated carbocycles. The van der Waals surface area contributed by atoms with Crippen molar-refractivity contribution in [3.63, 3.8) is 0 Å². The van der Waals surface area contributed by atoms with E-state index in [0.29, 0.717) is 6.42 Å². The van der Waals surface area contributed by atoms with Crippen LogP contribution in [0.5, 0.6) is 0 Å². The zero-order valence-electron chi connectivity index (χ0n) is 10.4. The average Bonchev–Trinajstić information content (AvgIpc) is 2.40. The molecule has 3 N–H and O–H groups in total. The van der Waals surface area contributed by atoms with Gasteiger partial charge in [0.05, 0.1) is 12.1 Å². The van der Waals surface area contributed by atoms with Gasteiger partial charge < -0.3 is 10.8 Å². The standard InChI is InChI=1S/C15H16BrNO.ClH/c16-13-8-6-12(7-9-13)15(17)14(18)10-11-4-2-1-3-5-11;/h1-9,14-15,18H,10,17H2;1H/t14-,15+;/m0./s1. The first-order valence-electron chi connectivity index (χ1n) is 5.90. The maximum Gasteiger partial charge on any atom is 0.0773 e. The van der Waals surface area contributed by atoms with E-state index in [1.165, 1.54) is 0 Å². The fourth-order valence-corrected chi connectivity index (χ4v) is 2.15. The Bertz CT molecular complexity index is 489. The van der Waals surface area contributed by atoms with Crippen LogP contribution >= 0.6 is 28.3 Å². The second-order valence-corrected chi connectivity index (χ2v) is 5.25. The van der Waals surface area contributed by atoms with Crippen LogP contribution in [0.2, 0.25) is 0 Å². The third-order valence-electron chi connectivity index (χ3n) is 2.96. The summed E-state index contributed by atoms with van der Waals surface area (Å²) < 4.78 is 1.01. The summed E-state index contributed by atoms with van der Waals surface area (Å²) in [6.07, 6.45) is -0.00786. The van der Waals surface area contributed by atoms with Crippen molar-refractivity contribution in [2.45, 2.75) is 18.6 Å². The van der Waals surface area contributed by atoms with Crippen LogP contribution in [-0.4, -0.2) is 11.2 Å². The molecule has 0 heterocycles. The van der Waals surface area contributed by atoms with E-state index in [2.05, 4.69) is 15.9 Å². The van der Waals surface area contributed by atoms with E-state index in [1.54, 1.807) is 0 Å². The molecule has 4 heteroatoms. The van der Waals surface area contributed by atoms with Gasteiger partial charge in [-0.1, -0.05) is 58.4 Å². The smallest absolute Gasteiger partial charge is 0.0773 e. The predicted octanol–water partition coefficient (Wildman–Crippen LogP) is 3.47. The molecule has 0 aliphatic carbocycles. The Morgan fingerprint density at radius 1 is 1.00 bits per heavy atom. The van der Waals surface area contributed by atoms with Gasteiger partial charge in [-0.15, -0.1) is 12.4 Å². The van der Waals surface area contributed by atoms with Gasteiger partial charge in [0.25, 0.3) is 0 Å². The van der Waals surface area contributed by atoms with Crippen molar-refractivity contribution in [2.75, 3.05) is 0 Å². The van der Waals surface area contributed by atoms with Crippen molar-refractivity contribution >= 4 is 28.3 Å². The molecular formula is C15H17BrClNO. The van der Waals surface area contributed by atoms with Gasteiger partial charge in [0, 0.05) is 10.9 Å². The molecule has 0 amide bonds. The number of rotatable bonds is 4. The Morgan fingerprint density at radius 3 is 2.16 bits per heavy atom. The van der Waals surface area contributed by atoms with Gasteiger partial charge in [0.1, 0.15) is 0 Å². The SMILES string of the molecule is Cl.N[C@H](c1ccc(Br)cc1)[C@@H](O)Cc1ccccc1. The van der Waals surface area contributed by atoms with E-state index in [0.717, 1.165) is 15.6 Å². The van der Waals surface area contributed by atoms with Crippen molar-refractivity contribution < 1.29 is 5.11 Å². The molecule has 2 aromatic rings. The molecule has 0 aliphatic heterocycles. The fourth-order valence-electron chi connectivity index (χ4n) is 1.89. The molecule has 0 fully saturated rings. The highest BCUT2D eigenvalue weighted by Gasteiger charge is 2.16. The topological polar surface area (TPSA) is 46.2 Å². The van der Waals surface area contributed by atoms with Crippen molar-refractivity contribution in [3.8, 4) is 0 Å². The molecule has 0 unspecified atom stereocenters. The van der Waals surface area contributed by atoms with Crippen LogP contribution in [0.25, 0.3) is 0 Å². The van der Waals surface area contributed by atoms with Gasteiger partial charge in [-0.3, -0.25) is 0 Å². The molecule has 2 aromatic carbocycles. The fraction of sp³-hybridized carbons (Fsp3) is 0.200. The Balaban J connectivity index is 0.00000180. The van der Waals surface area contributed by atoms with Crippen molar-refractivity contribution in [2.24, 2.45) is 5.73 Å². The van der Waals surface area contributed by atoms with Gasteiger partial charge >= 0.3 is 0 Å². The molecule has 0 radical (unpaired) electrons. The Labute approximate surface area is 128 Å². The second kappa shape index (κ2) is 7.65. The maximum absolute atomic E-state index is 10.2. The summed E-state index contributed by atoms with van der Waals surface area (Å²) in [6.45, 7) is 0. The number of halogens is 2. The van der Waals surface area contributed by atoms with E-state index in [4.69, 9.17) is 5.73 Å². The highest BCUT2D eigenvalue weighted by Crippen LogP contribution is 2.19. The van der Waals surface area contributed by atoms with Gasteiger partial charge in [-0.2, -0.15) is 0 Å². The molecule has 2 nitrogen and oxygen atoms in total. The summed E-state index contributed by atoms with van der Waals surface area (Å²) >= 11 is 3.38. The van der Waals surface area contributed by atoms with E-state index in [-0.39, 0.29) is 18.4 Å². The summed E-state index contributed by atoms with van der Waals surface area (Å²) in [4.78, 5) is 0. The normalized spacial score (nSPS) is 13.4. The van der Waals surface area contributed by atoms with Crippen LogP contribution in [-0.2, 0) is 6.42 Å². The molecule has 0 aliphatic rings. The lowest BCUT2D eigenvalue weighted by molar-refractivity contribution is 0.145. The molecule has 19 heavy (non-hydrogen) atoms. The molecule has 0 bridgehead atoms. The summed E-state index contributed by atoms with van der Waals surface area (Å²) in [5.74, 6) is 0. The minimum Gasteiger partial charge on any atom is -0.391 e. The highest BCUT2D eigenvalue weighted by molar-refractivity contribution is 9.10. The van der Waals surface area contributed by atoms with E-state index in [1.807, 2.05) is 54.6 Å². The Morgan fingerprint density at radius 2 is 1.58 bits per heavy atom. The molecule has 0 aromatic heterocycles. The molecule has 2 rings (SSSR count). The first kappa shape index (κ1) is 16.2. The minimum absolute atomic E-state index is 0. The maximum atomic E-state index is 10.2. The number of hydrogen-bond acceptors (Lipinski definition) is 2. The van der Waals surface area contributed by atoms with Gasteiger partial charge in [-0.25, -0.2) is 0 Å². The largest absolute Gasteiger partial charge is 0.391 e. The molecule has 2 atom stereocenters. The number of aliphatic hydroxyl groups is 1. The average molecular weight is 343 g/mol. The van der Waals surface area contributed by atoms with Crippen LogP contribution in [0.15, 0.2) is 59.1 Å². The zero-order valence-corrected chi connectivity index (χ0v) is 12.8. The minimum atomic E-state index is -0.575. The first-order valence-corrected chi connectivity index (χ1v) is 6.69. The van der Waals surface area contributed by atoms with Gasteiger partial charge in [-0.05, 0) is 23.3 Å². The molecule has 102 valence electrons. The lowest BCUT2D eigenvalue weighted by Gasteiger charge is -2.19. The number of aliphatic hydroxyl groups excluding tert-OH is 1. The molecular weight excluding hydrogens is 326 g/mol. The van der Waals surface area contributed by atoms with Crippen LogP contribution in [0.1, 0.15) is 17.2 Å². The van der Waals surface area contributed by atoms with Crippen molar-refractivity contribution in [3.05, 3.63) is 70.2 Å². The summed E-state index contributed by atoms with van der Waals surface area (Å²) in [5, 5.41) is 10.2. The summed E-state index contributed by atoms with van der Waals surface area (Å²) in [7, 11) is 0. The van der Waals surface area contributed by atoms with Crippen LogP contribution in [0, 0.1) is 0 Å². The van der Waals surface area contributed by atoms with E-state index in [9.17, 15) is 5.11 Å². The first-order chi connectivity index (χ1) is 8.66. The van der Waals surface area contributed by atoms with Crippen LogP contribution in [0.4, 0.5) is 0 Å². The van der Waals surface area contributed by atoms with Gasteiger partial charge in [0.15, 0.2) is 0 Å². The summed E-state index contributed by atoms with van der Waals surface area (Å²) in [5.41, 5.74) is 8.11. The highest BCUT2D eigenvalue weighted by atomic mass is 79.9. The van der Waals surface area contributed by atoms with Crippen LogP contribution in [0.3, 0.4) is 0 Å². The van der Waals surface area contributed by atoms with Crippen molar-refractivity contribution in [1.82, 2.24) is 0 Å². The predicted molar refractivity (Wildman–Crippen MR) is 84.5 cm³/mol. The lowest BCUT2D eigenvalue weighted by atomic mass is 9.97. The third kappa shape index (κ3) is 4.62. The van der Waals surface area contributed by atoms with Crippen LogP contribution < -0.4 is 5.73 Å². The number of hydrogen-bond donors (Lipinski definition) is 2.